The number of hydrogen-bond acceptors (Lipinski definition) is 3. The van der Waals surface area contributed by atoms with Gasteiger partial charge in [0.05, 0.1) is 0 Å². The number of carbonyl (C=O) groups excluding carboxylic acids is 1. The first kappa shape index (κ1) is 12.0. The van der Waals surface area contributed by atoms with Gasteiger partial charge in [0.2, 0.25) is 5.91 Å². The highest BCUT2D eigenvalue weighted by molar-refractivity contribution is 5.73. The molecule has 1 unspecified atom stereocenters. The van der Waals surface area contributed by atoms with Crippen LogP contribution in [0.15, 0.2) is 24.5 Å². The molecular weight excluding hydrogens is 214 g/mol. The van der Waals surface area contributed by atoms with Crippen LogP contribution in [0, 0.1) is 0 Å². The minimum absolute atomic E-state index is 0.179. The smallest absolute Gasteiger partial charge is 0.219 e. The van der Waals surface area contributed by atoms with Crippen LogP contribution in [0.25, 0.3) is 0 Å². The van der Waals surface area contributed by atoms with Crippen LogP contribution in [0.5, 0.6) is 0 Å². The molecule has 0 aromatic carbocycles. The lowest BCUT2D eigenvalue weighted by Crippen LogP contribution is -2.52. The van der Waals surface area contributed by atoms with Crippen molar-refractivity contribution in [1.82, 2.24) is 14.8 Å². The predicted molar refractivity (Wildman–Crippen MR) is 66.4 cm³/mol. The monoisotopic (exact) mass is 233 g/mol. The largest absolute Gasteiger partial charge is 0.338 e. The van der Waals surface area contributed by atoms with E-state index < -0.39 is 0 Å². The Balaban J connectivity index is 1.92. The Kier molecular flexibility index (Phi) is 3.74. The summed E-state index contributed by atoms with van der Waals surface area (Å²) in [4.78, 5) is 19.8. The number of hydrogen-bond donors (Lipinski definition) is 0. The van der Waals surface area contributed by atoms with Crippen molar-refractivity contribution in [2.45, 2.75) is 26.4 Å². The Morgan fingerprint density at radius 1 is 1.53 bits per heavy atom. The van der Waals surface area contributed by atoms with E-state index in [0.29, 0.717) is 6.04 Å². The molecular formula is C13H19N3O. The molecule has 0 saturated carbocycles. The summed E-state index contributed by atoms with van der Waals surface area (Å²) in [6.07, 6.45) is 3.70. The molecule has 0 N–H and O–H groups in total. The lowest BCUT2D eigenvalue weighted by molar-refractivity contribution is -0.133. The number of rotatable bonds is 2. The zero-order valence-electron chi connectivity index (χ0n) is 10.5. The summed E-state index contributed by atoms with van der Waals surface area (Å²) in [5.74, 6) is 0.179. The van der Waals surface area contributed by atoms with E-state index >= 15 is 0 Å². The molecule has 1 saturated heterocycles. The molecule has 0 spiro atoms. The Hall–Kier alpha value is -1.42. The quantitative estimate of drug-likeness (QED) is 0.768. The van der Waals surface area contributed by atoms with Crippen molar-refractivity contribution in [3.8, 4) is 0 Å². The van der Waals surface area contributed by atoms with E-state index in [9.17, 15) is 4.79 Å². The summed E-state index contributed by atoms with van der Waals surface area (Å²) in [6.45, 7) is 7.39. The van der Waals surface area contributed by atoms with Crippen LogP contribution in [-0.4, -0.2) is 46.4 Å². The Morgan fingerprint density at radius 3 is 2.94 bits per heavy atom. The van der Waals surface area contributed by atoms with E-state index in [-0.39, 0.29) is 5.91 Å². The van der Waals surface area contributed by atoms with Gasteiger partial charge >= 0.3 is 0 Å². The molecule has 1 aromatic heterocycles. The van der Waals surface area contributed by atoms with Gasteiger partial charge in [0, 0.05) is 51.5 Å². The molecule has 92 valence electrons. The van der Waals surface area contributed by atoms with Crippen LogP contribution < -0.4 is 0 Å². The Morgan fingerprint density at radius 2 is 2.35 bits per heavy atom. The van der Waals surface area contributed by atoms with Crippen LogP contribution >= 0.6 is 0 Å². The van der Waals surface area contributed by atoms with Crippen LogP contribution in [0.4, 0.5) is 0 Å². The highest BCUT2D eigenvalue weighted by Gasteiger charge is 2.24. The third-order valence-electron chi connectivity index (χ3n) is 3.25. The second kappa shape index (κ2) is 5.27. The molecule has 0 bridgehead atoms. The molecule has 2 heterocycles. The van der Waals surface area contributed by atoms with Crippen molar-refractivity contribution in [3.05, 3.63) is 30.1 Å². The number of pyridine rings is 1. The molecule has 1 aliphatic rings. The lowest BCUT2D eigenvalue weighted by atomic mass is 10.1. The predicted octanol–water partition coefficient (Wildman–Crippen LogP) is 1.13. The van der Waals surface area contributed by atoms with Gasteiger partial charge in [-0.1, -0.05) is 6.07 Å². The summed E-state index contributed by atoms with van der Waals surface area (Å²) in [5.41, 5.74) is 1.23. The van der Waals surface area contributed by atoms with E-state index in [2.05, 4.69) is 22.9 Å². The van der Waals surface area contributed by atoms with E-state index in [0.717, 1.165) is 26.2 Å². The minimum Gasteiger partial charge on any atom is -0.338 e. The molecule has 0 radical (unpaired) electrons. The second-order valence-corrected chi connectivity index (χ2v) is 4.66. The van der Waals surface area contributed by atoms with Crippen molar-refractivity contribution in [2.75, 3.05) is 19.6 Å². The van der Waals surface area contributed by atoms with E-state index in [4.69, 9.17) is 0 Å². The molecule has 1 aliphatic heterocycles. The highest BCUT2D eigenvalue weighted by atomic mass is 16.2. The van der Waals surface area contributed by atoms with Crippen molar-refractivity contribution < 1.29 is 4.79 Å². The van der Waals surface area contributed by atoms with Crippen molar-refractivity contribution in [2.24, 2.45) is 0 Å². The zero-order valence-corrected chi connectivity index (χ0v) is 10.5. The zero-order chi connectivity index (χ0) is 12.3. The number of piperazine rings is 1. The van der Waals surface area contributed by atoms with Gasteiger partial charge in [-0.05, 0) is 18.6 Å². The topological polar surface area (TPSA) is 36.4 Å². The summed E-state index contributed by atoms with van der Waals surface area (Å²) in [7, 11) is 0. The van der Waals surface area contributed by atoms with Gasteiger partial charge in [-0.3, -0.25) is 14.7 Å². The first-order valence-corrected chi connectivity index (χ1v) is 6.05. The third-order valence-corrected chi connectivity index (χ3v) is 3.25. The standard InChI is InChI=1S/C13H19N3O/c1-11-9-15(6-7-16(11)12(2)17)10-13-4-3-5-14-8-13/h3-5,8,11H,6-7,9-10H2,1-2H3. The van der Waals surface area contributed by atoms with Crippen molar-refractivity contribution >= 4 is 5.91 Å². The third kappa shape index (κ3) is 3.03. The Bertz CT molecular complexity index is 380. The molecule has 0 aliphatic carbocycles. The van der Waals surface area contributed by atoms with Crippen molar-refractivity contribution in [1.29, 1.82) is 0 Å². The maximum Gasteiger partial charge on any atom is 0.219 e. The van der Waals surface area contributed by atoms with Gasteiger partial charge in [0.25, 0.3) is 0 Å². The first-order valence-electron chi connectivity index (χ1n) is 6.05. The first-order chi connectivity index (χ1) is 8.16. The molecule has 1 aromatic rings. The SMILES string of the molecule is CC(=O)N1CCN(Cc2cccnc2)CC1C. The summed E-state index contributed by atoms with van der Waals surface area (Å²) in [6, 6.07) is 4.36. The molecule has 4 heteroatoms. The number of amides is 1. The summed E-state index contributed by atoms with van der Waals surface area (Å²) < 4.78 is 0. The molecule has 1 atom stereocenters. The molecule has 2 rings (SSSR count). The number of aromatic nitrogens is 1. The maximum atomic E-state index is 11.4. The molecule has 4 nitrogen and oxygen atoms in total. The highest BCUT2D eigenvalue weighted by Crippen LogP contribution is 2.12. The van der Waals surface area contributed by atoms with E-state index in [1.165, 1.54) is 5.56 Å². The van der Waals surface area contributed by atoms with Gasteiger partial charge in [-0.25, -0.2) is 0 Å². The normalized spacial score (nSPS) is 21.5. The number of nitrogens with zero attached hydrogens (tertiary/aromatic N) is 3. The molecule has 17 heavy (non-hydrogen) atoms. The van der Waals surface area contributed by atoms with Crippen molar-refractivity contribution in [3.63, 3.8) is 0 Å². The van der Waals surface area contributed by atoms with Gasteiger partial charge in [0.1, 0.15) is 0 Å². The number of carbonyl (C=O) groups is 1. The van der Waals surface area contributed by atoms with Gasteiger partial charge < -0.3 is 4.90 Å². The van der Waals surface area contributed by atoms with Crippen LogP contribution in [0.1, 0.15) is 19.4 Å². The molecule has 1 amide bonds. The van der Waals surface area contributed by atoms with Crippen LogP contribution in [-0.2, 0) is 11.3 Å². The van der Waals surface area contributed by atoms with Crippen LogP contribution in [0.3, 0.4) is 0 Å². The Labute approximate surface area is 102 Å². The average Bonchev–Trinajstić information content (AvgIpc) is 2.30. The fraction of sp³-hybridized carbons (Fsp3) is 0.538. The van der Waals surface area contributed by atoms with Crippen LogP contribution in [0.2, 0.25) is 0 Å². The molecule has 1 fully saturated rings. The average molecular weight is 233 g/mol. The van der Waals surface area contributed by atoms with Gasteiger partial charge in [0.15, 0.2) is 0 Å². The maximum absolute atomic E-state index is 11.4. The van der Waals surface area contributed by atoms with Gasteiger partial charge in [-0.15, -0.1) is 0 Å². The van der Waals surface area contributed by atoms with E-state index in [1.807, 2.05) is 17.2 Å². The fourth-order valence-electron chi connectivity index (χ4n) is 2.39. The minimum atomic E-state index is 0.179. The van der Waals surface area contributed by atoms with E-state index in [1.54, 1.807) is 13.1 Å². The van der Waals surface area contributed by atoms with Gasteiger partial charge in [-0.2, -0.15) is 0 Å². The summed E-state index contributed by atoms with van der Waals surface area (Å²) >= 11 is 0. The fourth-order valence-corrected chi connectivity index (χ4v) is 2.39. The lowest BCUT2D eigenvalue weighted by Gasteiger charge is -2.39. The summed E-state index contributed by atoms with van der Waals surface area (Å²) in [5, 5.41) is 0. The second-order valence-electron chi connectivity index (χ2n) is 4.66.